The van der Waals surface area contributed by atoms with Crippen LogP contribution in [0.4, 0.5) is 0 Å². The molecular weight excluding hydrogens is 463 g/mol. The second-order valence-electron chi connectivity index (χ2n) is 8.00. The Labute approximate surface area is 200 Å². The Bertz CT molecular complexity index is 1260. The van der Waals surface area contributed by atoms with Crippen LogP contribution < -0.4 is 0 Å². The summed E-state index contributed by atoms with van der Waals surface area (Å²) in [4.78, 5) is 19.3. The van der Waals surface area contributed by atoms with E-state index >= 15 is 0 Å². The standard InChI is InChI=1S/C24H22Cl2N4OS/c1-16-21-14-22(32-24(21)30(27-16)20-8-6-19(26)7-9-20)23(31)29-12-10-28(11-13-29)15-17-2-4-18(25)5-3-17/h2-9,14H,10-13,15H2,1H3. The molecule has 32 heavy (non-hydrogen) atoms. The summed E-state index contributed by atoms with van der Waals surface area (Å²) in [6.07, 6.45) is 0. The maximum absolute atomic E-state index is 13.2. The van der Waals surface area contributed by atoms with Crippen LogP contribution in [0.3, 0.4) is 0 Å². The molecule has 0 radical (unpaired) electrons. The van der Waals surface area contributed by atoms with E-state index in [-0.39, 0.29) is 5.91 Å². The minimum Gasteiger partial charge on any atom is -0.335 e. The molecule has 1 aliphatic rings. The van der Waals surface area contributed by atoms with Gasteiger partial charge >= 0.3 is 0 Å². The largest absolute Gasteiger partial charge is 0.335 e. The van der Waals surface area contributed by atoms with E-state index in [1.165, 1.54) is 16.9 Å². The number of hydrogen-bond donors (Lipinski definition) is 0. The summed E-state index contributed by atoms with van der Waals surface area (Å²) in [5.41, 5.74) is 3.09. The minimum atomic E-state index is 0.0967. The summed E-state index contributed by atoms with van der Waals surface area (Å²) < 4.78 is 1.90. The van der Waals surface area contributed by atoms with Crippen LogP contribution in [-0.2, 0) is 6.54 Å². The second-order valence-corrected chi connectivity index (χ2v) is 9.90. The molecule has 0 unspecified atom stereocenters. The lowest BCUT2D eigenvalue weighted by Gasteiger charge is -2.34. The number of nitrogens with zero attached hydrogens (tertiary/aromatic N) is 4. The second kappa shape index (κ2) is 8.87. The van der Waals surface area contributed by atoms with Gasteiger partial charge in [0.25, 0.3) is 5.91 Å². The number of aromatic nitrogens is 2. The Kier molecular flexibility index (Phi) is 5.95. The SMILES string of the molecule is Cc1nn(-c2ccc(Cl)cc2)c2sc(C(=O)N3CCN(Cc4ccc(Cl)cc4)CC3)cc12. The van der Waals surface area contributed by atoms with Gasteiger partial charge in [0.15, 0.2) is 0 Å². The van der Waals surface area contributed by atoms with E-state index < -0.39 is 0 Å². The molecule has 8 heteroatoms. The van der Waals surface area contributed by atoms with Crippen LogP contribution in [0.15, 0.2) is 54.6 Å². The number of carbonyl (C=O) groups is 1. The van der Waals surface area contributed by atoms with E-state index in [0.29, 0.717) is 5.02 Å². The number of benzene rings is 2. The smallest absolute Gasteiger partial charge is 0.264 e. The Morgan fingerprint density at radius 2 is 1.59 bits per heavy atom. The molecule has 1 amide bonds. The lowest BCUT2D eigenvalue weighted by atomic mass is 10.2. The zero-order chi connectivity index (χ0) is 22.2. The van der Waals surface area contributed by atoms with Crippen LogP contribution in [0, 0.1) is 6.92 Å². The average Bonchev–Trinajstić information content (AvgIpc) is 3.37. The summed E-state index contributed by atoms with van der Waals surface area (Å²) in [7, 11) is 0. The minimum absolute atomic E-state index is 0.0967. The molecule has 0 aliphatic carbocycles. The van der Waals surface area contributed by atoms with Crippen molar-refractivity contribution in [2.75, 3.05) is 26.2 Å². The van der Waals surface area contributed by atoms with Crippen LogP contribution in [-0.4, -0.2) is 51.7 Å². The molecule has 3 heterocycles. The molecule has 164 valence electrons. The van der Waals surface area contributed by atoms with Crippen molar-refractivity contribution in [3.8, 4) is 5.69 Å². The van der Waals surface area contributed by atoms with Gasteiger partial charge < -0.3 is 4.90 Å². The van der Waals surface area contributed by atoms with Gasteiger partial charge in [-0.05, 0) is 55.0 Å². The van der Waals surface area contributed by atoms with E-state index in [9.17, 15) is 4.79 Å². The van der Waals surface area contributed by atoms with Crippen LogP contribution in [0.25, 0.3) is 15.9 Å². The van der Waals surface area contributed by atoms with Crippen LogP contribution in [0.2, 0.25) is 10.0 Å². The van der Waals surface area contributed by atoms with Crippen molar-refractivity contribution >= 4 is 50.7 Å². The molecule has 0 saturated carbocycles. The number of rotatable bonds is 4. The third-order valence-corrected chi connectivity index (χ3v) is 7.41. The van der Waals surface area contributed by atoms with Gasteiger partial charge in [0.1, 0.15) is 4.83 Å². The molecule has 0 bridgehead atoms. The Morgan fingerprint density at radius 3 is 2.25 bits per heavy atom. The predicted octanol–water partition coefficient (Wildman–Crippen LogP) is 5.66. The Balaban J connectivity index is 1.29. The molecular formula is C24H22Cl2N4OS. The zero-order valence-corrected chi connectivity index (χ0v) is 19.9. The van der Waals surface area contributed by atoms with E-state index in [1.54, 1.807) is 0 Å². The highest BCUT2D eigenvalue weighted by molar-refractivity contribution is 7.20. The first-order valence-corrected chi connectivity index (χ1v) is 12.1. The molecule has 4 aromatic rings. The summed E-state index contributed by atoms with van der Waals surface area (Å²) >= 11 is 13.5. The number of piperazine rings is 1. The van der Waals surface area contributed by atoms with Crippen molar-refractivity contribution in [3.63, 3.8) is 0 Å². The number of hydrogen-bond acceptors (Lipinski definition) is 4. The van der Waals surface area contributed by atoms with E-state index in [2.05, 4.69) is 22.1 Å². The number of fused-ring (bicyclic) bond motifs is 1. The van der Waals surface area contributed by atoms with Gasteiger partial charge in [0, 0.05) is 48.2 Å². The molecule has 2 aromatic heterocycles. The molecule has 5 rings (SSSR count). The fraction of sp³-hybridized carbons (Fsp3) is 0.250. The quantitative estimate of drug-likeness (QED) is 0.375. The highest BCUT2D eigenvalue weighted by Crippen LogP contribution is 2.31. The highest BCUT2D eigenvalue weighted by atomic mass is 35.5. The first-order chi connectivity index (χ1) is 15.5. The number of aryl methyl sites for hydroxylation is 1. The van der Waals surface area contributed by atoms with Gasteiger partial charge in [-0.2, -0.15) is 5.10 Å². The Hall–Kier alpha value is -2.38. The third kappa shape index (κ3) is 4.28. The van der Waals surface area contributed by atoms with Crippen molar-refractivity contribution in [3.05, 3.63) is 80.8 Å². The molecule has 0 atom stereocenters. The summed E-state index contributed by atoms with van der Waals surface area (Å²) in [5.74, 6) is 0.0967. The lowest BCUT2D eigenvalue weighted by Crippen LogP contribution is -2.48. The third-order valence-electron chi connectivity index (χ3n) is 5.81. The maximum Gasteiger partial charge on any atom is 0.264 e. The van der Waals surface area contributed by atoms with Gasteiger partial charge in [-0.3, -0.25) is 9.69 Å². The highest BCUT2D eigenvalue weighted by Gasteiger charge is 2.25. The number of carbonyl (C=O) groups excluding carboxylic acids is 1. The fourth-order valence-electron chi connectivity index (χ4n) is 4.02. The fourth-order valence-corrected chi connectivity index (χ4v) is 5.43. The molecule has 0 spiro atoms. The lowest BCUT2D eigenvalue weighted by molar-refractivity contribution is 0.0633. The summed E-state index contributed by atoms with van der Waals surface area (Å²) in [6, 6.07) is 17.5. The van der Waals surface area contributed by atoms with Gasteiger partial charge in [-0.1, -0.05) is 35.3 Å². The topological polar surface area (TPSA) is 41.4 Å². The molecule has 0 N–H and O–H groups in total. The summed E-state index contributed by atoms with van der Waals surface area (Å²) in [6.45, 7) is 6.02. The summed E-state index contributed by atoms with van der Waals surface area (Å²) in [5, 5.41) is 7.12. The molecule has 1 aliphatic heterocycles. The van der Waals surface area contributed by atoms with Gasteiger partial charge in [-0.15, -0.1) is 11.3 Å². The first-order valence-electron chi connectivity index (χ1n) is 10.5. The Morgan fingerprint density at radius 1 is 0.969 bits per heavy atom. The van der Waals surface area contributed by atoms with Crippen LogP contribution in [0.5, 0.6) is 0 Å². The van der Waals surface area contributed by atoms with Crippen molar-refractivity contribution < 1.29 is 4.79 Å². The van der Waals surface area contributed by atoms with Crippen molar-refractivity contribution in [2.45, 2.75) is 13.5 Å². The number of amides is 1. The van der Waals surface area contributed by atoms with Crippen LogP contribution in [0.1, 0.15) is 20.9 Å². The maximum atomic E-state index is 13.2. The number of thiophene rings is 1. The average molecular weight is 485 g/mol. The van der Waals surface area contributed by atoms with Crippen LogP contribution >= 0.6 is 34.5 Å². The van der Waals surface area contributed by atoms with Gasteiger partial charge in [0.05, 0.1) is 16.3 Å². The van der Waals surface area contributed by atoms with Crippen molar-refractivity contribution in [1.29, 1.82) is 0 Å². The van der Waals surface area contributed by atoms with E-state index in [1.807, 2.05) is 59.0 Å². The van der Waals surface area contributed by atoms with E-state index in [0.717, 1.165) is 64.2 Å². The first kappa shape index (κ1) is 21.5. The zero-order valence-electron chi connectivity index (χ0n) is 17.6. The van der Waals surface area contributed by atoms with E-state index in [4.69, 9.17) is 23.2 Å². The normalized spacial score (nSPS) is 14.9. The van der Waals surface area contributed by atoms with Crippen molar-refractivity contribution in [1.82, 2.24) is 19.6 Å². The van der Waals surface area contributed by atoms with Gasteiger partial charge in [0.2, 0.25) is 0 Å². The van der Waals surface area contributed by atoms with Crippen molar-refractivity contribution in [2.24, 2.45) is 0 Å². The molecule has 1 saturated heterocycles. The molecule has 5 nitrogen and oxygen atoms in total. The number of halogens is 2. The molecule has 1 fully saturated rings. The van der Waals surface area contributed by atoms with Gasteiger partial charge in [-0.25, -0.2) is 4.68 Å². The molecule has 2 aromatic carbocycles. The predicted molar refractivity (Wildman–Crippen MR) is 131 cm³/mol. The monoisotopic (exact) mass is 484 g/mol.